The molecule has 1 N–H and O–H groups in total. The highest BCUT2D eigenvalue weighted by molar-refractivity contribution is 7.07. The number of ether oxygens (including phenoxy) is 1. The van der Waals surface area contributed by atoms with Gasteiger partial charge in [-0.15, -0.1) is 11.3 Å². The molecule has 0 unspecified atom stereocenters. The first-order valence-electron chi connectivity index (χ1n) is 6.63. The molecule has 110 valence electrons. The molecule has 1 amide bonds. The summed E-state index contributed by atoms with van der Waals surface area (Å²) in [6.45, 7) is 2.04. The molecule has 21 heavy (non-hydrogen) atoms. The Balaban J connectivity index is 1.98. The molecule has 0 radical (unpaired) electrons. The van der Waals surface area contributed by atoms with Crippen LogP contribution in [0.2, 0.25) is 0 Å². The summed E-state index contributed by atoms with van der Waals surface area (Å²) in [6.07, 6.45) is 0.901. The summed E-state index contributed by atoms with van der Waals surface area (Å²) in [7, 11) is 0. The van der Waals surface area contributed by atoms with Crippen molar-refractivity contribution in [3.63, 3.8) is 0 Å². The van der Waals surface area contributed by atoms with Crippen LogP contribution in [-0.4, -0.2) is 23.5 Å². The molecule has 5 nitrogen and oxygen atoms in total. The Hall–Kier alpha value is -2.21. The number of nitrogens with zero attached hydrogens (tertiary/aromatic N) is 1. The Bertz CT molecular complexity index is 611. The number of aromatic nitrogens is 1. The Morgan fingerprint density at radius 3 is 2.86 bits per heavy atom. The van der Waals surface area contributed by atoms with Gasteiger partial charge in [0.15, 0.2) is 0 Å². The Morgan fingerprint density at radius 1 is 1.33 bits per heavy atom. The monoisotopic (exact) mass is 304 g/mol. The fourth-order valence-corrected chi connectivity index (χ4v) is 2.39. The normalized spacial score (nSPS) is 10.1. The van der Waals surface area contributed by atoms with Crippen LogP contribution in [0.15, 0.2) is 35.2 Å². The maximum absolute atomic E-state index is 12.0. The fraction of sp³-hybridized carbons (Fsp3) is 0.267. The van der Waals surface area contributed by atoms with E-state index in [0.29, 0.717) is 30.7 Å². The molecule has 2 rings (SSSR count). The molecular weight excluding hydrogens is 288 g/mol. The Labute approximate surface area is 127 Å². The lowest BCUT2D eigenvalue weighted by molar-refractivity contribution is -0.116. The van der Waals surface area contributed by atoms with Crippen LogP contribution in [0.25, 0.3) is 0 Å². The highest BCUT2D eigenvalue weighted by atomic mass is 32.1. The Kier molecular flexibility index (Phi) is 5.45. The average Bonchev–Trinajstić information content (AvgIpc) is 2.99. The summed E-state index contributed by atoms with van der Waals surface area (Å²) in [4.78, 5) is 27.9. The topological polar surface area (TPSA) is 68.3 Å². The van der Waals surface area contributed by atoms with Crippen LogP contribution in [0.1, 0.15) is 29.4 Å². The number of carbonyl (C=O) groups is 2. The van der Waals surface area contributed by atoms with Crippen LogP contribution in [0.3, 0.4) is 0 Å². The van der Waals surface area contributed by atoms with Gasteiger partial charge in [0.2, 0.25) is 5.91 Å². The van der Waals surface area contributed by atoms with Crippen LogP contribution < -0.4 is 5.32 Å². The van der Waals surface area contributed by atoms with Gasteiger partial charge in [0.05, 0.1) is 29.1 Å². The van der Waals surface area contributed by atoms with Gasteiger partial charge in [0, 0.05) is 11.8 Å². The number of hydrogen-bond donors (Lipinski definition) is 1. The Morgan fingerprint density at radius 2 is 2.14 bits per heavy atom. The first kappa shape index (κ1) is 15.2. The molecule has 0 saturated heterocycles. The number of thiazole rings is 1. The summed E-state index contributed by atoms with van der Waals surface area (Å²) in [5.41, 5.74) is 3.47. The molecule has 0 spiro atoms. The van der Waals surface area contributed by atoms with Gasteiger partial charge >= 0.3 is 5.97 Å². The smallest absolute Gasteiger partial charge is 0.340 e. The van der Waals surface area contributed by atoms with Gasteiger partial charge < -0.3 is 10.1 Å². The van der Waals surface area contributed by atoms with Crippen molar-refractivity contribution in [1.82, 2.24) is 4.98 Å². The van der Waals surface area contributed by atoms with Crippen molar-refractivity contribution in [3.8, 4) is 0 Å². The fourth-order valence-electron chi connectivity index (χ4n) is 1.79. The molecule has 0 fully saturated rings. The highest BCUT2D eigenvalue weighted by Gasteiger charge is 2.13. The summed E-state index contributed by atoms with van der Waals surface area (Å²) < 4.78 is 4.97. The van der Waals surface area contributed by atoms with E-state index in [-0.39, 0.29) is 5.91 Å². The maximum Gasteiger partial charge on any atom is 0.340 e. The van der Waals surface area contributed by atoms with Gasteiger partial charge in [-0.25, -0.2) is 9.78 Å². The second-order valence-electron chi connectivity index (χ2n) is 4.29. The third kappa shape index (κ3) is 4.39. The molecule has 0 aliphatic heterocycles. The zero-order chi connectivity index (χ0) is 15.1. The predicted molar refractivity (Wildman–Crippen MR) is 81.5 cm³/mol. The third-order valence-electron chi connectivity index (χ3n) is 2.79. The number of benzene rings is 1. The van der Waals surface area contributed by atoms with E-state index in [1.165, 1.54) is 11.3 Å². The number of para-hydroxylation sites is 1. The van der Waals surface area contributed by atoms with E-state index in [2.05, 4.69) is 10.3 Å². The molecule has 6 heteroatoms. The molecule has 1 heterocycles. The van der Waals surface area contributed by atoms with Crippen molar-refractivity contribution >= 4 is 28.9 Å². The minimum atomic E-state index is -0.437. The van der Waals surface area contributed by atoms with Crippen molar-refractivity contribution < 1.29 is 14.3 Å². The minimum Gasteiger partial charge on any atom is -0.462 e. The van der Waals surface area contributed by atoms with E-state index in [0.717, 1.165) is 5.69 Å². The van der Waals surface area contributed by atoms with E-state index in [4.69, 9.17) is 4.74 Å². The number of nitrogens with one attached hydrogen (secondary N) is 1. The molecule has 2 aromatic rings. The quantitative estimate of drug-likeness (QED) is 0.833. The highest BCUT2D eigenvalue weighted by Crippen LogP contribution is 2.17. The van der Waals surface area contributed by atoms with Crippen molar-refractivity contribution in [2.75, 3.05) is 11.9 Å². The largest absolute Gasteiger partial charge is 0.462 e. The number of amides is 1. The SMILES string of the molecule is CCOC(=O)c1ccccc1NC(=O)CCc1cscn1. The number of aryl methyl sites for hydroxylation is 1. The predicted octanol–water partition coefficient (Wildman–Crippen LogP) is 2.89. The number of anilines is 1. The van der Waals surface area contributed by atoms with Gasteiger partial charge in [-0.3, -0.25) is 4.79 Å². The number of rotatable bonds is 6. The van der Waals surface area contributed by atoms with E-state index >= 15 is 0 Å². The van der Waals surface area contributed by atoms with Gasteiger partial charge in [0.1, 0.15) is 0 Å². The molecular formula is C15H16N2O3S. The number of carbonyl (C=O) groups excluding carboxylic acids is 2. The average molecular weight is 304 g/mol. The van der Waals surface area contributed by atoms with E-state index in [9.17, 15) is 9.59 Å². The molecule has 0 bridgehead atoms. The summed E-state index contributed by atoms with van der Waals surface area (Å²) in [5.74, 6) is -0.590. The van der Waals surface area contributed by atoms with Gasteiger partial charge in [-0.2, -0.15) is 0 Å². The number of hydrogen-bond acceptors (Lipinski definition) is 5. The second kappa shape index (κ2) is 7.54. The van der Waals surface area contributed by atoms with E-state index < -0.39 is 5.97 Å². The van der Waals surface area contributed by atoms with Crippen LogP contribution in [-0.2, 0) is 16.0 Å². The van der Waals surface area contributed by atoms with Crippen molar-refractivity contribution in [1.29, 1.82) is 0 Å². The zero-order valence-corrected chi connectivity index (χ0v) is 12.5. The zero-order valence-electron chi connectivity index (χ0n) is 11.7. The third-order valence-corrected chi connectivity index (χ3v) is 3.42. The van der Waals surface area contributed by atoms with Crippen molar-refractivity contribution in [3.05, 3.63) is 46.4 Å². The first-order chi connectivity index (χ1) is 10.2. The molecule has 0 aliphatic carbocycles. The molecule has 0 aliphatic rings. The summed E-state index contributed by atoms with van der Waals surface area (Å²) >= 11 is 1.50. The van der Waals surface area contributed by atoms with Crippen LogP contribution >= 0.6 is 11.3 Å². The molecule has 1 aromatic heterocycles. The van der Waals surface area contributed by atoms with Gasteiger partial charge in [-0.05, 0) is 25.5 Å². The van der Waals surface area contributed by atoms with Crippen LogP contribution in [0, 0.1) is 0 Å². The molecule has 1 aromatic carbocycles. The van der Waals surface area contributed by atoms with E-state index in [1.54, 1.807) is 36.7 Å². The lowest BCUT2D eigenvalue weighted by Crippen LogP contribution is -2.16. The van der Waals surface area contributed by atoms with Crippen LogP contribution in [0.4, 0.5) is 5.69 Å². The first-order valence-corrected chi connectivity index (χ1v) is 7.58. The van der Waals surface area contributed by atoms with Crippen molar-refractivity contribution in [2.24, 2.45) is 0 Å². The minimum absolute atomic E-state index is 0.153. The van der Waals surface area contributed by atoms with Gasteiger partial charge in [-0.1, -0.05) is 12.1 Å². The molecule has 0 atom stereocenters. The summed E-state index contributed by atoms with van der Waals surface area (Å²) in [5, 5.41) is 4.66. The lowest BCUT2D eigenvalue weighted by atomic mass is 10.1. The maximum atomic E-state index is 12.0. The molecule has 0 saturated carbocycles. The summed E-state index contributed by atoms with van der Waals surface area (Å²) in [6, 6.07) is 6.82. The standard InChI is InChI=1S/C15H16N2O3S/c1-2-20-15(19)12-5-3-4-6-13(12)17-14(18)8-7-11-9-21-10-16-11/h3-6,9-10H,2,7-8H2,1H3,(H,17,18). The lowest BCUT2D eigenvalue weighted by Gasteiger charge is -2.10. The van der Waals surface area contributed by atoms with Crippen LogP contribution in [0.5, 0.6) is 0 Å². The van der Waals surface area contributed by atoms with E-state index in [1.807, 2.05) is 5.38 Å². The number of esters is 1. The second-order valence-corrected chi connectivity index (χ2v) is 5.01. The van der Waals surface area contributed by atoms with Gasteiger partial charge in [0.25, 0.3) is 0 Å². The van der Waals surface area contributed by atoms with Crippen molar-refractivity contribution in [2.45, 2.75) is 19.8 Å².